The molecule has 0 heterocycles. The molecular formula is C22H34N2O. The first-order valence-corrected chi connectivity index (χ1v) is 11.1. The average Bonchev–Trinajstić information content (AvgIpc) is 2.50. The Kier molecular flexibility index (Phi) is 3.17. The van der Waals surface area contributed by atoms with Crippen LogP contribution in [0.15, 0.2) is 0 Å². The number of carbonyl (C=O) groups excluding carboxylic acids is 1. The summed E-state index contributed by atoms with van der Waals surface area (Å²) in [4.78, 5) is 12.8. The fourth-order valence-corrected chi connectivity index (χ4v) is 9.32. The SMILES string of the molecule is O=C(NCC12CC3CC(CC(C3)C1)C2)NC12CC3CC(CC(C3)C1)C2. The highest BCUT2D eigenvalue weighted by Gasteiger charge is 2.53. The molecule has 8 saturated carbocycles. The van der Waals surface area contributed by atoms with Gasteiger partial charge in [-0.1, -0.05) is 0 Å². The van der Waals surface area contributed by atoms with E-state index in [-0.39, 0.29) is 11.6 Å². The van der Waals surface area contributed by atoms with Gasteiger partial charge >= 0.3 is 6.03 Å². The van der Waals surface area contributed by atoms with Crippen molar-refractivity contribution in [2.45, 2.75) is 82.6 Å². The minimum atomic E-state index is 0.151. The lowest BCUT2D eigenvalue weighted by Crippen LogP contribution is -2.62. The van der Waals surface area contributed by atoms with Gasteiger partial charge in [0.05, 0.1) is 0 Å². The van der Waals surface area contributed by atoms with Crippen molar-refractivity contribution >= 4 is 6.03 Å². The van der Waals surface area contributed by atoms with Gasteiger partial charge in [0.2, 0.25) is 0 Å². The Balaban J connectivity index is 1.10. The summed E-state index contributed by atoms with van der Waals surface area (Å²) in [5, 5.41) is 6.87. The van der Waals surface area contributed by atoms with Gasteiger partial charge in [0, 0.05) is 12.1 Å². The molecule has 8 fully saturated rings. The fraction of sp³-hybridized carbons (Fsp3) is 0.955. The smallest absolute Gasteiger partial charge is 0.315 e. The molecule has 0 aromatic carbocycles. The van der Waals surface area contributed by atoms with Crippen LogP contribution in [0, 0.1) is 40.9 Å². The van der Waals surface area contributed by atoms with E-state index in [0.29, 0.717) is 5.41 Å². The van der Waals surface area contributed by atoms with Crippen LogP contribution in [0.25, 0.3) is 0 Å². The minimum absolute atomic E-state index is 0.151. The standard InChI is InChI=1S/C22H34N2O/c25-20(24-22-10-17-4-18(11-22)6-19(5-17)12-22)23-13-21-7-14-1-15(8-21)3-16(2-14)9-21/h14-19H,1-13H2,(H2,23,24,25). The van der Waals surface area contributed by atoms with Crippen molar-refractivity contribution in [1.29, 1.82) is 0 Å². The second-order valence-corrected chi connectivity index (χ2v) is 11.4. The fourth-order valence-electron chi connectivity index (χ4n) is 9.32. The van der Waals surface area contributed by atoms with Crippen molar-refractivity contribution in [2.75, 3.05) is 6.54 Å². The number of hydrogen-bond acceptors (Lipinski definition) is 1. The molecule has 8 bridgehead atoms. The highest BCUT2D eigenvalue weighted by atomic mass is 16.2. The van der Waals surface area contributed by atoms with E-state index in [1.807, 2.05) is 0 Å². The van der Waals surface area contributed by atoms with Gasteiger partial charge < -0.3 is 10.6 Å². The van der Waals surface area contributed by atoms with Gasteiger partial charge in [0.25, 0.3) is 0 Å². The topological polar surface area (TPSA) is 41.1 Å². The summed E-state index contributed by atoms with van der Waals surface area (Å²) in [6.45, 7) is 0.939. The highest BCUT2D eigenvalue weighted by Crippen LogP contribution is 2.60. The number of hydrogen-bond donors (Lipinski definition) is 2. The van der Waals surface area contributed by atoms with E-state index in [9.17, 15) is 4.79 Å². The van der Waals surface area contributed by atoms with Crippen molar-refractivity contribution in [3.05, 3.63) is 0 Å². The molecule has 8 aliphatic carbocycles. The molecule has 3 heteroatoms. The van der Waals surface area contributed by atoms with Crippen LogP contribution >= 0.6 is 0 Å². The van der Waals surface area contributed by atoms with E-state index in [0.717, 1.165) is 42.1 Å². The van der Waals surface area contributed by atoms with Gasteiger partial charge in [-0.25, -0.2) is 4.79 Å². The van der Waals surface area contributed by atoms with Crippen LogP contribution < -0.4 is 10.6 Å². The van der Waals surface area contributed by atoms with Crippen LogP contribution in [0.3, 0.4) is 0 Å². The lowest BCUT2D eigenvalue weighted by Gasteiger charge is -2.57. The zero-order chi connectivity index (χ0) is 16.6. The molecular weight excluding hydrogens is 308 g/mol. The molecule has 0 unspecified atom stereocenters. The number of rotatable bonds is 3. The molecule has 0 aromatic rings. The zero-order valence-corrected chi connectivity index (χ0v) is 15.6. The van der Waals surface area contributed by atoms with Crippen molar-refractivity contribution < 1.29 is 4.79 Å². The molecule has 25 heavy (non-hydrogen) atoms. The Bertz CT molecular complexity index is 512. The number of nitrogens with one attached hydrogen (secondary N) is 2. The van der Waals surface area contributed by atoms with Gasteiger partial charge in [-0.2, -0.15) is 0 Å². The van der Waals surface area contributed by atoms with Crippen LogP contribution in [0.1, 0.15) is 77.0 Å². The molecule has 3 nitrogen and oxygen atoms in total. The Morgan fingerprint density at radius 1 is 0.680 bits per heavy atom. The molecule has 0 saturated heterocycles. The summed E-state index contributed by atoms with van der Waals surface area (Å²) >= 11 is 0. The van der Waals surface area contributed by atoms with Gasteiger partial charge in [0.15, 0.2) is 0 Å². The monoisotopic (exact) mass is 342 g/mol. The zero-order valence-electron chi connectivity index (χ0n) is 15.6. The Labute approximate surface area is 152 Å². The molecule has 0 atom stereocenters. The van der Waals surface area contributed by atoms with E-state index in [4.69, 9.17) is 0 Å². The molecule has 8 aliphatic rings. The number of amides is 2. The van der Waals surface area contributed by atoms with Crippen LogP contribution in [0.2, 0.25) is 0 Å². The van der Waals surface area contributed by atoms with Crippen molar-refractivity contribution in [2.24, 2.45) is 40.9 Å². The van der Waals surface area contributed by atoms with E-state index in [2.05, 4.69) is 10.6 Å². The summed E-state index contributed by atoms with van der Waals surface area (Å²) in [6, 6.07) is 0.151. The van der Waals surface area contributed by atoms with Crippen LogP contribution in [-0.4, -0.2) is 18.1 Å². The first-order chi connectivity index (χ1) is 12.1. The minimum Gasteiger partial charge on any atom is -0.338 e. The normalized spacial score (nSPS) is 54.7. The van der Waals surface area contributed by atoms with Gasteiger partial charge in [-0.15, -0.1) is 0 Å². The van der Waals surface area contributed by atoms with Crippen LogP contribution in [0.4, 0.5) is 4.79 Å². The molecule has 8 rings (SSSR count). The largest absolute Gasteiger partial charge is 0.338 e. The van der Waals surface area contributed by atoms with Gasteiger partial charge in [-0.3, -0.25) is 0 Å². The second kappa shape index (κ2) is 5.16. The summed E-state index contributed by atoms with van der Waals surface area (Å²) in [5.74, 6) is 5.61. The Morgan fingerprint density at radius 3 is 1.52 bits per heavy atom. The maximum Gasteiger partial charge on any atom is 0.315 e. The van der Waals surface area contributed by atoms with E-state index in [1.165, 1.54) is 77.0 Å². The molecule has 0 aliphatic heterocycles. The number of urea groups is 1. The molecule has 2 N–H and O–H groups in total. The van der Waals surface area contributed by atoms with Crippen LogP contribution in [0.5, 0.6) is 0 Å². The molecule has 0 spiro atoms. The second-order valence-electron chi connectivity index (χ2n) is 11.4. The van der Waals surface area contributed by atoms with Crippen molar-refractivity contribution in [1.82, 2.24) is 10.6 Å². The lowest BCUT2D eigenvalue weighted by molar-refractivity contribution is -0.0505. The summed E-state index contributed by atoms with van der Waals surface area (Å²) in [5.41, 5.74) is 0.605. The molecule has 0 radical (unpaired) electrons. The third-order valence-corrected chi connectivity index (χ3v) is 9.21. The van der Waals surface area contributed by atoms with Gasteiger partial charge in [-0.05, 0) is 118 Å². The van der Waals surface area contributed by atoms with E-state index in [1.54, 1.807) is 0 Å². The summed E-state index contributed by atoms with van der Waals surface area (Å²) in [6.07, 6.45) is 16.7. The maximum absolute atomic E-state index is 12.8. The molecule has 138 valence electrons. The quantitative estimate of drug-likeness (QED) is 0.780. The van der Waals surface area contributed by atoms with E-state index < -0.39 is 0 Å². The molecule has 2 amide bonds. The third kappa shape index (κ3) is 2.55. The first kappa shape index (κ1) is 15.3. The van der Waals surface area contributed by atoms with Crippen LogP contribution in [-0.2, 0) is 0 Å². The average molecular weight is 343 g/mol. The maximum atomic E-state index is 12.8. The summed E-state index contributed by atoms with van der Waals surface area (Å²) < 4.78 is 0. The third-order valence-electron chi connectivity index (χ3n) is 9.21. The first-order valence-electron chi connectivity index (χ1n) is 11.1. The Hall–Kier alpha value is -0.730. The van der Waals surface area contributed by atoms with E-state index >= 15 is 0 Å². The van der Waals surface area contributed by atoms with Crippen molar-refractivity contribution in [3.8, 4) is 0 Å². The lowest BCUT2D eigenvalue weighted by atomic mass is 9.49. The van der Waals surface area contributed by atoms with Gasteiger partial charge in [0.1, 0.15) is 0 Å². The molecule has 0 aromatic heterocycles. The predicted octanol–water partition coefficient (Wildman–Crippen LogP) is 4.47. The highest BCUT2D eigenvalue weighted by molar-refractivity contribution is 5.75. The Morgan fingerprint density at radius 2 is 1.08 bits per heavy atom. The summed E-state index contributed by atoms with van der Waals surface area (Å²) in [7, 11) is 0. The van der Waals surface area contributed by atoms with Crippen molar-refractivity contribution in [3.63, 3.8) is 0 Å². The predicted molar refractivity (Wildman–Crippen MR) is 98.0 cm³/mol. The number of carbonyl (C=O) groups is 1.